The van der Waals surface area contributed by atoms with E-state index in [4.69, 9.17) is 11.6 Å². The second kappa shape index (κ2) is 9.18. The third-order valence-electron chi connectivity index (χ3n) is 5.20. The molecule has 3 aromatic rings. The van der Waals surface area contributed by atoms with Gasteiger partial charge in [-0.15, -0.1) is 0 Å². The van der Waals surface area contributed by atoms with E-state index in [1.54, 1.807) is 54.6 Å². The highest BCUT2D eigenvalue weighted by atomic mass is 35.5. The van der Waals surface area contributed by atoms with Crippen LogP contribution in [0.4, 0.5) is 17.1 Å². The molecule has 33 heavy (non-hydrogen) atoms. The fourth-order valence-electron chi connectivity index (χ4n) is 3.35. The first kappa shape index (κ1) is 22.1. The molecule has 4 rings (SSSR count). The van der Waals surface area contributed by atoms with Gasteiger partial charge in [-0.1, -0.05) is 42.8 Å². The van der Waals surface area contributed by atoms with Crippen molar-refractivity contribution in [2.24, 2.45) is 0 Å². The lowest BCUT2D eigenvalue weighted by atomic mass is 10.1. The van der Waals surface area contributed by atoms with Crippen LogP contribution in [0.25, 0.3) is 0 Å². The zero-order chi connectivity index (χ0) is 23.5. The quantitative estimate of drug-likeness (QED) is 0.367. The molecule has 1 aliphatic heterocycles. The lowest BCUT2D eigenvalue weighted by molar-refractivity contribution is -0.120. The molecule has 0 radical (unpaired) electrons. The van der Waals surface area contributed by atoms with Gasteiger partial charge in [0.2, 0.25) is 0 Å². The van der Waals surface area contributed by atoms with Crippen LogP contribution in [0, 0.1) is 0 Å². The number of hydrogen-bond acceptors (Lipinski definition) is 5. The Morgan fingerprint density at radius 2 is 1.61 bits per heavy atom. The van der Waals surface area contributed by atoms with E-state index in [0.717, 1.165) is 16.9 Å². The second-order valence-electron chi connectivity index (χ2n) is 7.33. The largest absolute Gasteiger partial charge is 0.506 e. The van der Waals surface area contributed by atoms with Gasteiger partial charge in [-0.05, 0) is 60.5 Å². The molecule has 1 aliphatic rings. The summed E-state index contributed by atoms with van der Waals surface area (Å²) in [5, 5.41) is 15.1. The van der Waals surface area contributed by atoms with Crippen molar-refractivity contribution in [1.82, 2.24) is 0 Å². The summed E-state index contributed by atoms with van der Waals surface area (Å²) < 4.78 is 0. The number of aryl methyl sites for hydroxylation is 1. The molecule has 0 aromatic heterocycles. The molecule has 0 aliphatic carbocycles. The Kier molecular flexibility index (Phi) is 6.15. The number of carbonyl (C=O) groups excluding carboxylic acids is 3. The monoisotopic (exact) mass is 461 g/mol. The molecule has 0 bridgehead atoms. The van der Waals surface area contributed by atoms with Crippen molar-refractivity contribution < 1.29 is 19.5 Å². The van der Waals surface area contributed by atoms with Gasteiger partial charge in [0.25, 0.3) is 17.7 Å². The topological polar surface area (TPSA) is 98.7 Å². The number of anilines is 3. The number of phenols is 1. The molecule has 3 amide bonds. The maximum absolute atomic E-state index is 12.9. The number of nitrogens with one attached hydrogen (secondary N) is 2. The van der Waals surface area contributed by atoms with E-state index in [9.17, 15) is 19.5 Å². The first-order valence-electron chi connectivity index (χ1n) is 10.2. The summed E-state index contributed by atoms with van der Waals surface area (Å²) in [5.74, 6) is -1.61. The van der Waals surface area contributed by atoms with Gasteiger partial charge in [0.05, 0.1) is 11.4 Å². The molecule has 0 atom stereocenters. The number of benzene rings is 3. The number of nitrogens with zero attached hydrogens (tertiary/aromatic N) is 1. The first-order valence-corrected chi connectivity index (χ1v) is 10.6. The maximum Gasteiger partial charge on any atom is 0.283 e. The molecule has 8 heteroatoms. The second-order valence-corrected chi connectivity index (χ2v) is 7.71. The molecular formula is C25H20ClN3O4. The van der Waals surface area contributed by atoms with Crippen LogP contribution in [0.15, 0.2) is 83.5 Å². The highest BCUT2D eigenvalue weighted by Crippen LogP contribution is 2.30. The number of rotatable bonds is 6. The maximum atomic E-state index is 12.9. The molecule has 0 unspecified atom stereocenters. The van der Waals surface area contributed by atoms with Crippen molar-refractivity contribution in [3.8, 4) is 5.75 Å². The summed E-state index contributed by atoms with van der Waals surface area (Å²) in [6.07, 6.45) is 0.842. The number of hydrogen-bond donors (Lipinski definition) is 3. The van der Waals surface area contributed by atoms with E-state index in [2.05, 4.69) is 10.6 Å². The molecule has 0 saturated heterocycles. The molecule has 0 saturated carbocycles. The van der Waals surface area contributed by atoms with E-state index >= 15 is 0 Å². The standard InChI is InChI=1S/C25H20ClN3O4/c1-2-15-7-13-18(14-8-15)29-24(32)21(26)22(25(29)33)27-17-11-9-16(10-12-17)23(31)28-19-5-3-4-6-20(19)30/h3-14,27,30H,2H2,1H3,(H,28,31). The van der Waals surface area contributed by atoms with E-state index in [1.165, 1.54) is 6.07 Å². The average Bonchev–Trinajstić information content (AvgIpc) is 3.04. The number of carbonyl (C=O) groups is 3. The van der Waals surface area contributed by atoms with Crippen LogP contribution in [0.3, 0.4) is 0 Å². The van der Waals surface area contributed by atoms with Gasteiger partial charge in [0.15, 0.2) is 0 Å². The summed E-state index contributed by atoms with van der Waals surface area (Å²) in [4.78, 5) is 39.0. The smallest absolute Gasteiger partial charge is 0.283 e. The van der Waals surface area contributed by atoms with Gasteiger partial charge in [0, 0.05) is 11.3 Å². The number of aromatic hydroxyl groups is 1. The Morgan fingerprint density at radius 3 is 2.24 bits per heavy atom. The van der Waals surface area contributed by atoms with Gasteiger partial charge in [-0.3, -0.25) is 14.4 Å². The Morgan fingerprint density at radius 1 is 0.939 bits per heavy atom. The van der Waals surface area contributed by atoms with Crippen LogP contribution >= 0.6 is 11.6 Å². The van der Waals surface area contributed by atoms with Gasteiger partial charge in [0.1, 0.15) is 16.5 Å². The van der Waals surface area contributed by atoms with Gasteiger partial charge < -0.3 is 15.7 Å². The summed E-state index contributed by atoms with van der Waals surface area (Å²) in [6.45, 7) is 2.02. The van der Waals surface area contributed by atoms with E-state index in [0.29, 0.717) is 22.6 Å². The molecule has 166 valence electrons. The van der Waals surface area contributed by atoms with Crippen molar-refractivity contribution in [3.05, 3.63) is 94.7 Å². The highest BCUT2D eigenvalue weighted by Gasteiger charge is 2.38. The van der Waals surface area contributed by atoms with Crippen molar-refractivity contribution >= 4 is 46.4 Å². The normalized spacial score (nSPS) is 13.5. The zero-order valence-electron chi connectivity index (χ0n) is 17.6. The minimum absolute atomic E-state index is 0.0346. The third-order valence-corrected chi connectivity index (χ3v) is 5.55. The summed E-state index contributed by atoms with van der Waals surface area (Å²) >= 11 is 6.18. The minimum Gasteiger partial charge on any atom is -0.506 e. The summed E-state index contributed by atoms with van der Waals surface area (Å²) in [5.41, 5.74) is 2.61. The lowest BCUT2D eigenvalue weighted by Gasteiger charge is -2.15. The molecule has 3 aromatic carbocycles. The van der Waals surface area contributed by atoms with Crippen molar-refractivity contribution in [1.29, 1.82) is 0 Å². The van der Waals surface area contributed by atoms with Crippen molar-refractivity contribution in [2.45, 2.75) is 13.3 Å². The van der Waals surface area contributed by atoms with E-state index < -0.39 is 17.7 Å². The van der Waals surface area contributed by atoms with Gasteiger partial charge >= 0.3 is 0 Å². The Hall–Kier alpha value is -4.10. The van der Waals surface area contributed by atoms with Crippen LogP contribution in [-0.4, -0.2) is 22.8 Å². The SMILES string of the molecule is CCc1ccc(N2C(=O)C(Cl)=C(Nc3ccc(C(=O)Nc4ccccc4O)cc3)C2=O)cc1. The van der Waals surface area contributed by atoms with E-state index in [1.807, 2.05) is 19.1 Å². The summed E-state index contributed by atoms with van der Waals surface area (Å²) in [7, 11) is 0. The van der Waals surface area contributed by atoms with Gasteiger partial charge in [-0.2, -0.15) is 0 Å². The predicted octanol–water partition coefficient (Wildman–Crippen LogP) is 4.64. The highest BCUT2D eigenvalue weighted by molar-refractivity contribution is 6.53. The number of halogens is 1. The number of phenolic OH excluding ortho intramolecular Hbond substituents is 1. The molecule has 0 spiro atoms. The Labute approximate surface area is 195 Å². The predicted molar refractivity (Wildman–Crippen MR) is 127 cm³/mol. The van der Waals surface area contributed by atoms with Crippen LogP contribution in [-0.2, 0) is 16.0 Å². The molecule has 1 heterocycles. The molecule has 0 fully saturated rings. The Balaban J connectivity index is 1.48. The first-order chi connectivity index (χ1) is 15.9. The average molecular weight is 462 g/mol. The number of para-hydroxylation sites is 2. The van der Waals surface area contributed by atoms with Gasteiger partial charge in [-0.25, -0.2) is 4.90 Å². The number of imide groups is 1. The zero-order valence-corrected chi connectivity index (χ0v) is 18.4. The van der Waals surface area contributed by atoms with Crippen LogP contribution < -0.4 is 15.5 Å². The third kappa shape index (κ3) is 4.44. The molecular weight excluding hydrogens is 442 g/mol. The van der Waals surface area contributed by atoms with Crippen molar-refractivity contribution in [3.63, 3.8) is 0 Å². The molecule has 7 nitrogen and oxygen atoms in total. The Bertz CT molecular complexity index is 1270. The number of amides is 3. The van der Waals surface area contributed by atoms with Crippen molar-refractivity contribution in [2.75, 3.05) is 15.5 Å². The van der Waals surface area contributed by atoms with Crippen LogP contribution in [0.2, 0.25) is 0 Å². The van der Waals surface area contributed by atoms with Crippen LogP contribution in [0.5, 0.6) is 5.75 Å². The fourth-order valence-corrected chi connectivity index (χ4v) is 3.56. The molecule has 3 N–H and O–H groups in total. The lowest BCUT2D eigenvalue weighted by Crippen LogP contribution is -2.32. The van der Waals surface area contributed by atoms with E-state index in [-0.39, 0.29) is 16.5 Å². The summed E-state index contributed by atoms with van der Waals surface area (Å²) in [6, 6.07) is 19.8. The van der Waals surface area contributed by atoms with Crippen LogP contribution in [0.1, 0.15) is 22.8 Å². The fraction of sp³-hybridized carbons (Fsp3) is 0.0800. The minimum atomic E-state index is -0.605.